The first-order valence-electron chi connectivity index (χ1n) is 10.8. The molecule has 2 aromatic carbocycles. The number of thiazole rings is 1. The Hall–Kier alpha value is -3.03. The summed E-state index contributed by atoms with van der Waals surface area (Å²) in [6.45, 7) is 7.52. The molecular weight excluding hydrogens is 422 g/mol. The fraction of sp³-hybridized carbons (Fsp3) is 0.320. The predicted octanol–water partition coefficient (Wildman–Crippen LogP) is 4.04. The van der Waals surface area contributed by atoms with Gasteiger partial charge in [-0.1, -0.05) is 30.3 Å². The predicted molar refractivity (Wildman–Crippen MR) is 126 cm³/mol. The van der Waals surface area contributed by atoms with Crippen molar-refractivity contribution in [2.75, 3.05) is 32.8 Å². The van der Waals surface area contributed by atoms with Gasteiger partial charge in [0.1, 0.15) is 10.8 Å². The zero-order chi connectivity index (χ0) is 22.5. The summed E-state index contributed by atoms with van der Waals surface area (Å²) in [7, 11) is 0. The summed E-state index contributed by atoms with van der Waals surface area (Å²) in [6.07, 6.45) is 0. The van der Waals surface area contributed by atoms with Gasteiger partial charge < -0.3 is 9.64 Å². The van der Waals surface area contributed by atoms with E-state index >= 15 is 0 Å². The fourth-order valence-electron chi connectivity index (χ4n) is 3.77. The van der Waals surface area contributed by atoms with Gasteiger partial charge in [-0.25, -0.2) is 4.98 Å². The maximum absolute atomic E-state index is 12.6. The number of aromatic nitrogens is 1. The largest absolute Gasteiger partial charge is 0.484 e. The van der Waals surface area contributed by atoms with E-state index in [0.717, 1.165) is 49.0 Å². The molecule has 1 aromatic heterocycles. The zero-order valence-electron chi connectivity index (χ0n) is 18.4. The normalized spacial score (nSPS) is 14.4. The minimum atomic E-state index is 0.00934. The second kappa shape index (κ2) is 10.1. The van der Waals surface area contributed by atoms with E-state index in [4.69, 9.17) is 4.74 Å². The van der Waals surface area contributed by atoms with Crippen LogP contribution in [0.4, 0.5) is 0 Å². The maximum atomic E-state index is 12.6. The van der Waals surface area contributed by atoms with Crippen molar-refractivity contribution in [2.45, 2.75) is 20.4 Å². The molecule has 32 heavy (non-hydrogen) atoms. The highest BCUT2D eigenvalue weighted by atomic mass is 32.1. The number of ketones is 1. The Labute approximate surface area is 192 Å². The molecule has 4 rings (SSSR count). The number of rotatable bonds is 7. The molecule has 166 valence electrons. The van der Waals surface area contributed by atoms with Crippen molar-refractivity contribution in [2.24, 2.45) is 0 Å². The SMILES string of the molecule is CC(=O)c1sc(-c2ccc(OCC(=O)N3CCN(Cc4ccccc4)CC3)cc2)nc1C. The van der Waals surface area contributed by atoms with Crippen LogP contribution in [0.15, 0.2) is 54.6 Å². The number of ether oxygens (including phenoxy) is 1. The Bertz CT molecular complexity index is 1070. The van der Waals surface area contributed by atoms with E-state index in [1.165, 1.54) is 16.9 Å². The highest BCUT2D eigenvalue weighted by Gasteiger charge is 2.21. The fourth-order valence-corrected chi connectivity index (χ4v) is 4.74. The standard InChI is InChI=1S/C25H27N3O3S/c1-18-24(19(2)29)32-25(26-18)21-8-10-22(11-9-21)31-17-23(30)28-14-12-27(13-15-28)16-20-6-4-3-5-7-20/h3-11H,12-17H2,1-2H3. The van der Waals surface area contributed by atoms with Crippen LogP contribution in [0.3, 0.4) is 0 Å². The molecule has 7 heteroatoms. The molecular formula is C25H27N3O3S. The number of hydrogen-bond acceptors (Lipinski definition) is 6. The lowest BCUT2D eigenvalue weighted by molar-refractivity contribution is -0.135. The quantitative estimate of drug-likeness (QED) is 0.510. The summed E-state index contributed by atoms with van der Waals surface area (Å²) in [4.78, 5) is 33.7. The van der Waals surface area contributed by atoms with E-state index in [0.29, 0.717) is 10.6 Å². The lowest BCUT2D eigenvalue weighted by Crippen LogP contribution is -2.49. The summed E-state index contributed by atoms with van der Waals surface area (Å²) in [5.41, 5.74) is 2.98. The van der Waals surface area contributed by atoms with Gasteiger partial charge >= 0.3 is 0 Å². The van der Waals surface area contributed by atoms with Crippen molar-refractivity contribution in [3.63, 3.8) is 0 Å². The van der Waals surface area contributed by atoms with Crippen LogP contribution in [-0.2, 0) is 11.3 Å². The van der Waals surface area contributed by atoms with Crippen LogP contribution in [0, 0.1) is 6.92 Å². The average Bonchev–Trinajstić information content (AvgIpc) is 3.21. The van der Waals surface area contributed by atoms with Gasteiger partial charge in [0.25, 0.3) is 5.91 Å². The number of nitrogens with zero attached hydrogens (tertiary/aromatic N) is 3. The van der Waals surface area contributed by atoms with Gasteiger partial charge in [0.15, 0.2) is 12.4 Å². The van der Waals surface area contributed by atoms with Gasteiger partial charge in [0, 0.05) is 45.2 Å². The van der Waals surface area contributed by atoms with Gasteiger partial charge in [-0.2, -0.15) is 0 Å². The second-order valence-corrected chi connectivity index (χ2v) is 8.94. The van der Waals surface area contributed by atoms with Crippen molar-refractivity contribution in [3.8, 4) is 16.3 Å². The molecule has 1 fully saturated rings. The molecule has 2 heterocycles. The number of hydrogen-bond donors (Lipinski definition) is 0. The van der Waals surface area contributed by atoms with Crippen molar-refractivity contribution >= 4 is 23.0 Å². The topological polar surface area (TPSA) is 62.7 Å². The van der Waals surface area contributed by atoms with Crippen LogP contribution >= 0.6 is 11.3 Å². The minimum Gasteiger partial charge on any atom is -0.484 e. The van der Waals surface area contributed by atoms with Crippen molar-refractivity contribution < 1.29 is 14.3 Å². The third-order valence-corrected chi connectivity index (χ3v) is 6.86. The Balaban J connectivity index is 1.25. The molecule has 1 aliphatic heterocycles. The number of piperazine rings is 1. The minimum absolute atomic E-state index is 0.00934. The number of carbonyl (C=O) groups is 2. The summed E-state index contributed by atoms with van der Waals surface area (Å²) in [5, 5.41) is 0.809. The van der Waals surface area contributed by atoms with Gasteiger partial charge in [-0.3, -0.25) is 14.5 Å². The molecule has 0 unspecified atom stereocenters. The van der Waals surface area contributed by atoms with Crippen LogP contribution in [0.1, 0.15) is 27.9 Å². The highest BCUT2D eigenvalue weighted by Crippen LogP contribution is 2.29. The van der Waals surface area contributed by atoms with Gasteiger partial charge in [-0.05, 0) is 36.8 Å². The second-order valence-electron chi connectivity index (χ2n) is 7.95. The van der Waals surface area contributed by atoms with E-state index in [9.17, 15) is 9.59 Å². The molecule has 6 nitrogen and oxygen atoms in total. The summed E-state index contributed by atoms with van der Waals surface area (Å²) in [6, 6.07) is 17.9. The van der Waals surface area contributed by atoms with Gasteiger partial charge in [-0.15, -0.1) is 11.3 Å². The molecule has 1 aliphatic rings. The van der Waals surface area contributed by atoms with E-state index in [1.54, 1.807) is 6.92 Å². The van der Waals surface area contributed by atoms with Crippen LogP contribution in [0.25, 0.3) is 10.6 Å². The molecule has 0 spiro atoms. The third-order valence-electron chi connectivity index (χ3n) is 5.55. The van der Waals surface area contributed by atoms with Crippen molar-refractivity contribution in [1.29, 1.82) is 0 Å². The Morgan fingerprint density at radius 1 is 1.00 bits per heavy atom. The van der Waals surface area contributed by atoms with Crippen LogP contribution < -0.4 is 4.74 Å². The van der Waals surface area contributed by atoms with E-state index in [1.807, 2.05) is 42.2 Å². The monoisotopic (exact) mass is 449 g/mol. The Morgan fingerprint density at radius 3 is 2.31 bits per heavy atom. The first kappa shape index (κ1) is 22.2. The Morgan fingerprint density at radius 2 is 1.69 bits per heavy atom. The van der Waals surface area contributed by atoms with Crippen LogP contribution in [0.5, 0.6) is 5.75 Å². The average molecular weight is 450 g/mol. The van der Waals surface area contributed by atoms with Crippen LogP contribution in [0.2, 0.25) is 0 Å². The number of Topliss-reactive ketones (excluding diaryl/α,β-unsaturated/α-hetero) is 1. The lowest BCUT2D eigenvalue weighted by Gasteiger charge is -2.34. The van der Waals surface area contributed by atoms with E-state index < -0.39 is 0 Å². The summed E-state index contributed by atoms with van der Waals surface area (Å²) < 4.78 is 5.73. The molecule has 0 radical (unpaired) electrons. The molecule has 0 atom stereocenters. The smallest absolute Gasteiger partial charge is 0.260 e. The van der Waals surface area contributed by atoms with Crippen LogP contribution in [-0.4, -0.2) is 59.3 Å². The summed E-state index contributed by atoms with van der Waals surface area (Å²) >= 11 is 1.40. The number of benzene rings is 2. The molecule has 0 N–H and O–H groups in total. The molecule has 3 aromatic rings. The zero-order valence-corrected chi connectivity index (χ0v) is 19.2. The third kappa shape index (κ3) is 5.41. The van der Waals surface area contributed by atoms with E-state index in [-0.39, 0.29) is 18.3 Å². The van der Waals surface area contributed by atoms with E-state index in [2.05, 4.69) is 34.1 Å². The molecule has 1 amide bonds. The first-order valence-corrected chi connectivity index (χ1v) is 11.6. The summed E-state index contributed by atoms with van der Waals surface area (Å²) in [5.74, 6) is 0.686. The highest BCUT2D eigenvalue weighted by molar-refractivity contribution is 7.17. The van der Waals surface area contributed by atoms with Crippen molar-refractivity contribution in [3.05, 3.63) is 70.7 Å². The number of carbonyl (C=O) groups excluding carboxylic acids is 2. The molecule has 1 saturated heterocycles. The van der Waals surface area contributed by atoms with Gasteiger partial charge in [0.05, 0.1) is 10.6 Å². The number of amides is 1. The molecule has 0 aliphatic carbocycles. The molecule has 0 saturated carbocycles. The number of aryl methyl sites for hydroxylation is 1. The maximum Gasteiger partial charge on any atom is 0.260 e. The Kier molecular flexibility index (Phi) is 6.97. The molecule has 0 bridgehead atoms. The van der Waals surface area contributed by atoms with Crippen molar-refractivity contribution in [1.82, 2.24) is 14.8 Å². The first-order chi connectivity index (χ1) is 15.5. The van der Waals surface area contributed by atoms with Gasteiger partial charge in [0.2, 0.25) is 0 Å². The lowest BCUT2D eigenvalue weighted by atomic mass is 10.2.